The predicted molar refractivity (Wildman–Crippen MR) is 87.9 cm³/mol. The molecule has 1 unspecified atom stereocenters. The molecule has 1 rings (SSSR count). The van der Waals surface area contributed by atoms with E-state index in [2.05, 4.69) is 27.8 Å². The molecule has 1 aromatic carbocycles. The van der Waals surface area contributed by atoms with E-state index < -0.39 is 6.10 Å². The third kappa shape index (κ3) is 6.98. The van der Waals surface area contributed by atoms with Crippen LogP contribution < -0.4 is 10.1 Å². The van der Waals surface area contributed by atoms with Gasteiger partial charge in [0.2, 0.25) is 0 Å². The zero-order chi connectivity index (χ0) is 15.8. The topological polar surface area (TPSA) is 47.6 Å². The average molecular weight is 377 g/mol. The van der Waals surface area contributed by atoms with Crippen LogP contribution in [0.5, 0.6) is 5.75 Å². The van der Waals surface area contributed by atoms with Gasteiger partial charge in [0.15, 0.2) is 6.10 Å². The zero-order valence-corrected chi connectivity index (χ0v) is 14.5. The van der Waals surface area contributed by atoms with E-state index in [4.69, 9.17) is 21.1 Å². The van der Waals surface area contributed by atoms with E-state index in [1.165, 1.54) is 0 Å². The molecular weight excluding hydrogens is 358 g/mol. The summed E-state index contributed by atoms with van der Waals surface area (Å²) < 4.78 is 11.6. The highest BCUT2D eigenvalue weighted by atomic mass is 79.9. The van der Waals surface area contributed by atoms with Crippen molar-refractivity contribution in [3.05, 3.63) is 39.8 Å². The summed E-state index contributed by atoms with van der Waals surface area (Å²) in [4.78, 5) is 11.9. The standard InChI is InChI=1S/C15H19BrClNO3/c1-10(2)9-20-7-6-18-15(19)11(3)21-14-5-4-12(17)8-13(14)16/h4-5,8,11H,1,6-7,9H2,2-3H3,(H,18,19). The maximum absolute atomic E-state index is 11.9. The van der Waals surface area contributed by atoms with Gasteiger partial charge < -0.3 is 14.8 Å². The molecule has 0 aromatic heterocycles. The molecule has 0 aliphatic carbocycles. The molecule has 116 valence electrons. The van der Waals surface area contributed by atoms with Crippen LogP contribution in [0.15, 0.2) is 34.8 Å². The van der Waals surface area contributed by atoms with E-state index in [1.807, 2.05) is 6.92 Å². The molecule has 0 aliphatic heterocycles. The van der Waals surface area contributed by atoms with Gasteiger partial charge in [-0.25, -0.2) is 0 Å². The van der Waals surface area contributed by atoms with Crippen molar-refractivity contribution in [1.29, 1.82) is 0 Å². The second kappa shape index (κ2) is 9.07. The molecule has 1 aromatic rings. The first-order valence-electron chi connectivity index (χ1n) is 6.51. The van der Waals surface area contributed by atoms with Gasteiger partial charge in [-0.2, -0.15) is 0 Å². The number of benzene rings is 1. The molecule has 0 saturated heterocycles. The van der Waals surface area contributed by atoms with Gasteiger partial charge in [-0.3, -0.25) is 4.79 Å². The number of nitrogens with one attached hydrogen (secondary N) is 1. The molecule has 4 nitrogen and oxygen atoms in total. The normalized spacial score (nSPS) is 11.8. The van der Waals surface area contributed by atoms with Crippen LogP contribution in [0.3, 0.4) is 0 Å². The van der Waals surface area contributed by atoms with Crippen molar-refractivity contribution in [1.82, 2.24) is 5.32 Å². The Hall–Kier alpha value is -1.04. The maximum Gasteiger partial charge on any atom is 0.260 e. The summed E-state index contributed by atoms with van der Waals surface area (Å²) in [5.74, 6) is 0.372. The summed E-state index contributed by atoms with van der Waals surface area (Å²) in [6.07, 6.45) is -0.608. The number of hydrogen-bond donors (Lipinski definition) is 1. The number of rotatable bonds is 8. The Labute approximate surface area is 138 Å². The Morgan fingerprint density at radius 2 is 2.24 bits per heavy atom. The Bertz CT molecular complexity index is 508. The van der Waals surface area contributed by atoms with Gasteiger partial charge in [-0.05, 0) is 48.0 Å². The molecule has 0 spiro atoms. The van der Waals surface area contributed by atoms with Gasteiger partial charge in [0.1, 0.15) is 5.75 Å². The summed E-state index contributed by atoms with van der Waals surface area (Å²) in [6.45, 7) is 8.68. The highest BCUT2D eigenvalue weighted by molar-refractivity contribution is 9.10. The fourth-order valence-corrected chi connectivity index (χ4v) is 2.23. The van der Waals surface area contributed by atoms with E-state index in [0.29, 0.717) is 35.0 Å². The Balaban J connectivity index is 2.35. The van der Waals surface area contributed by atoms with Crippen molar-refractivity contribution in [2.24, 2.45) is 0 Å². The van der Waals surface area contributed by atoms with Crippen LogP contribution in [0.1, 0.15) is 13.8 Å². The van der Waals surface area contributed by atoms with Crippen LogP contribution in [0.2, 0.25) is 5.02 Å². The van der Waals surface area contributed by atoms with Crippen LogP contribution in [0.25, 0.3) is 0 Å². The largest absolute Gasteiger partial charge is 0.480 e. The van der Waals surface area contributed by atoms with Crippen LogP contribution in [-0.4, -0.2) is 31.8 Å². The van der Waals surface area contributed by atoms with Crippen molar-refractivity contribution < 1.29 is 14.3 Å². The van der Waals surface area contributed by atoms with Crippen molar-refractivity contribution in [2.75, 3.05) is 19.8 Å². The number of amides is 1. The molecule has 6 heteroatoms. The van der Waals surface area contributed by atoms with Crippen molar-refractivity contribution in [2.45, 2.75) is 20.0 Å². The summed E-state index contributed by atoms with van der Waals surface area (Å²) in [5, 5.41) is 3.35. The first-order chi connectivity index (χ1) is 9.90. The molecular formula is C15H19BrClNO3. The molecule has 1 amide bonds. The number of carbonyl (C=O) groups excluding carboxylic acids is 1. The second-order valence-corrected chi connectivity index (χ2v) is 5.93. The number of carbonyl (C=O) groups is 1. The van der Waals surface area contributed by atoms with Gasteiger partial charge >= 0.3 is 0 Å². The zero-order valence-electron chi connectivity index (χ0n) is 12.1. The van der Waals surface area contributed by atoms with Gasteiger partial charge in [0, 0.05) is 11.6 Å². The third-order valence-electron chi connectivity index (χ3n) is 2.46. The molecule has 21 heavy (non-hydrogen) atoms. The lowest BCUT2D eigenvalue weighted by Crippen LogP contribution is -2.38. The van der Waals surface area contributed by atoms with Crippen molar-refractivity contribution in [3.63, 3.8) is 0 Å². The van der Waals surface area contributed by atoms with Crippen molar-refractivity contribution in [3.8, 4) is 5.75 Å². The molecule has 0 bridgehead atoms. The first kappa shape index (κ1) is 18.0. The van der Waals surface area contributed by atoms with E-state index in [0.717, 1.165) is 5.57 Å². The molecule has 0 fully saturated rings. The highest BCUT2D eigenvalue weighted by Crippen LogP contribution is 2.28. The minimum atomic E-state index is -0.608. The molecule has 0 heterocycles. The Morgan fingerprint density at radius 3 is 2.86 bits per heavy atom. The number of ether oxygens (including phenoxy) is 2. The Morgan fingerprint density at radius 1 is 1.52 bits per heavy atom. The number of halogens is 2. The number of hydrogen-bond acceptors (Lipinski definition) is 3. The summed E-state index contributed by atoms with van der Waals surface area (Å²) in [7, 11) is 0. The SMILES string of the molecule is C=C(C)COCCNC(=O)C(C)Oc1ccc(Cl)cc1Br. The van der Waals surface area contributed by atoms with Crippen LogP contribution >= 0.6 is 27.5 Å². The summed E-state index contributed by atoms with van der Waals surface area (Å²) in [6, 6.07) is 5.14. The van der Waals surface area contributed by atoms with Gasteiger partial charge in [0.25, 0.3) is 5.91 Å². The first-order valence-corrected chi connectivity index (χ1v) is 7.68. The lowest BCUT2D eigenvalue weighted by atomic mass is 10.3. The fourth-order valence-electron chi connectivity index (χ4n) is 1.45. The summed E-state index contributed by atoms with van der Waals surface area (Å²) >= 11 is 9.19. The molecule has 1 N–H and O–H groups in total. The second-order valence-electron chi connectivity index (χ2n) is 4.64. The van der Waals surface area contributed by atoms with Gasteiger partial charge in [0.05, 0.1) is 17.7 Å². The smallest absolute Gasteiger partial charge is 0.260 e. The average Bonchev–Trinajstić information content (AvgIpc) is 2.40. The van der Waals surface area contributed by atoms with E-state index in [9.17, 15) is 4.79 Å². The molecule has 1 atom stereocenters. The van der Waals surface area contributed by atoms with E-state index >= 15 is 0 Å². The minimum Gasteiger partial charge on any atom is -0.480 e. The Kier molecular flexibility index (Phi) is 7.78. The maximum atomic E-state index is 11.9. The minimum absolute atomic E-state index is 0.198. The molecule has 0 aliphatic rings. The lowest BCUT2D eigenvalue weighted by molar-refractivity contribution is -0.127. The lowest BCUT2D eigenvalue weighted by Gasteiger charge is -2.16. The quantitative estimate of drug-likeness (QED) is 0.557. The third-order valence-corrected chi connectivity index (χ3v) is 3.32. The monoisotopic (exact) mass is 375 g/mol. The van der Waals surface area contributed by atoms with Crippen LogP contribution in [0, 0.1) is 0 Å². The molecule has 0 radical (unpaired) electrons. The van der Waals surface area contributed by atoms with Crippen molar-refractivity contribution >= 4 is 33.4 Å². The van der Waals surface area contributed by atoms with E-state index in [1.54, 1.807) is 25.1 Å². The van der Waals surface area contributed by atoms with Crippen LogP contribution in [-0.2, 0) is 9.53 Å². The highest BCUT2D eigenvalue weighted by Gasteiger charge is 2.15. The van der Waals surface area contributed by atoms with Gasteiger partial charge in [-0.1, -0.05) is 23.8 Å². The van der Waals surface area contributed by atoms with E-state index in [-0.39, 0.29) is 5.91 Å². The predicted octanol–water partition coefficient (Wildman–Crippen LogP) is 3.58. The summed E-state index contributed by atoms with van der Waals surface area (Å²) in [5.41, 5.74) is 0.950. The fraction of sp³-hybridized carbons (Fsp3) is 0.400. The van der Waals surface area contributed by atoms with Gasteiger partial charge in [-0.15, -0.1) is 0 Å². The molecule has 0 saturated carbocycles. The van der Waals surface area contributed by atoms with Crippen LogP contribution in [0.4, 0.5) is 0 Å².